The minimum Gasteiger partial charge on any atom is -0.332 e. The fraction of sp³-hybridized carbons (Fsp3) is 0.211. The molecule has 0 bridgehead atoms. The standard InChI is InChI=1S/C19H20IN3O2S/c1-19(2,3)17(25)21-14-8-5-9-15(11-14)22-18(26)23-16(24)12-6-4-7-13(20)10-12/h4-11H,1-3H3,(H,21,25)(H2,22,23,24,26). The van der Waals surface area contributed by atoms with Crippen LogP contribution in [0.1, 0.15) is 31.1 Å². The second-order valence-electron chi connectivity index (χ2n) is 6.70. The molecule has 0 aliphatic carbocycles. The lowest BCUT2D eigenvalue weighted by Gasteiger charge is -2.18. The van der Waals surface area contributed by atoms with E-state index in [9.17, 15) is 9.59 Å². The zero-order chi connectivity index (χ0) is 19.3. The largest absolute Gasteiger partial charge is 0.332 e. The molecule has 0 spiro atoms. The molecule has 0 atom stereocenters. The number of amides is 2. The topological polar surface area (TPSA) is 70.2 Å². The third-order valence-electron chi connectivity index (χ3n) is 3.37. The lowest BCUT2D eigenvalue weighted by molar-refractivity contribution is -0.123. The molecule has 136 valence electrons. The van der Waals surface area contributed by atoms with Crippen molar-refractivity contribution in [2.24, 2.45) is 5.41 Å². The molecule has 5 nitrogen and oxygen atoms in total. The zero-order valence-electron chi connectivity index (χ0n) is 14.7. The molecular weight excluding hydrogens is 461 g/mol. The number of benzene rings is 2. The van der Waals surface area contributed by atoms with E-state index in [0.29, 0.717) is 16.9 Å². The first-order valence-electron chi connectivity index (χ1n) is 7.94. The fourth-order valence-electron chi connectivity index (χ4n) is 1.96. The Morgan fingerprint density at radius 1 is 0.962 bits per heavy atom. The van der Waals surface area contributed by atoms with Crippen molar-refractivity contribution < 1.29 is 9.59 Å². The van der Waals surface area contributed by atoms with Gasteiger partial charge in [0.1, 0.15) is 0 Å². The quantitative estimate of drug-likeness (QED) is 0.449. The molecule has 2 rings (SSSR count). The number of carbonyl (C=O) groups excluding carboxylic acids is 2. The van der Waals surface area contributed by atoms with Gasteiger partial charge in [0.15, 0.2) is 5.11 Å². The smallest absolute Gasteiger partial charge is 0.257 e. The highest BCUT2D eigenvalue weighted by Crippen LogP contribution is 2.20. The van der Waals surface area contributed by atoms with E-state index in [0.717, 1.165) is 3.57 Å². The van der Waals surface area contributed by atoms with E-state index in [1.165, 1.54) is 0 Å². The summed E-state index contributed by atoms with van der Waals surface area (Å²) >= 11 is 7.35. The molecule has 3 N–H and O–H groups in total. The van der Waals surface area contributed by atoms with Crippen LogP contribution >= 0.6 is 34.8 Å². The summed E-state index contributed by atoms with van der Waals surface area (Å²) in [5.41, 5.74) is 1.37. The van der Waals surface area contributed by atoms with E-state index >= 15 is 0 Å². The lowest BCUT2D eigenvalue weighted by Crippen LogP contribution is -2.34. The van der Waals surface area contributed by atoms with Crippen LogP contribution in [0.2, 0.25) is 0 Å². The van der Waals surface area contributed by atoms with E-state index in [1.807, 2.05) is 32.9 Å². The Morgan fingerprint density at radius 2 is 1.58 bits per heavy atom. The highest BCUT2D eigenvalue weighted by molar-refractivity contribution is 14.1. The van der Waals surface area contributed by atoms with Gasteiger partial charge in [-0.05, 0) is 71.2 Å². The average Bonchev–Trinajstić information content (AvgIpc) is 2.54. The van der Waals surface area contributed by atoms with Gasteiger partial charge in [0, 0.05) is 25.9 Å². The molecule has 0 aliphatic heterocycles. The van der Waals surface area contributed by atoms with Gasteiger partial charge in [0.05, 0.1) is 0 Å². The number of thiocarbonyl (C=S) groups is 1. The molecular formula is C19H20IN3O2S. The second-order valence-corrected chi connectivity index (χ2v) is 8.36. The Labute approximate surface area is 172 Å². The van der Waals surface area contributed by atoms with Crippen LogP contribution < -0.4 is 16.0 Å². The molecule has 26 heavy (non-hydrogen) atoms. The van der Waals surface area contributed by atoms with Gasteiger partial charge in [0.2, 0.25) is 5.91 Å². The van der Waals surface area contributed by atoms with Gasteiger partial charge in [-0.2, -0.15) is 0 Å². The Hall–Kier alpha value is -2.00. The number of rotatable bonds is 3. The average molecular weight is 481 g/mol. The van der Waals surface area contributed by atoms with Gasteiger partial charge in [-0.3, -0.25) is 14.9 Å². The number of halogens is 1. The van der Waals surface area contributed by atoms with E-state index in [4.69, 9.17) is 12.2 Å². The third-order valence-corrected chi connectivity index (χ3v) is 4.25. The van der Waals surface area contributed by atoms with Gasteiger partial charge in [-0.25, -0.2) is 0 Å². The highest BCUT2D eigenvalue weighted by Gasteiger charge is 2.21. The summed E-state index contributed by atoms with van der Waals surface area (Å²) in [6.45, 7) is 5.54. The summed E-state index contributed by atoms with van der Waals surface area (Å²) in [5.74, 6) is -0.359. The predicted molar refractivity (Wildman–Crippen MR) is 117 cm³/mol. The van der Waals surface area contributed by atoms with Crippen LogP contribution in [0.4, 0.5) is 11.4 Å². The van der Waals surface area contributed by atoms with Gasteiger partial charge < -0.3 is 10.6 Å². The van der Waals surface area contributed by atoms with Crippen LogP contribution in [0.3, 0.4) is 0 Å². The summed E-state index contributed by atoms with van der Waals surface area (Å²) in [6.07, 6.45) is 0. The second kappa shape index (κ2) is 8.59. The Morgan fingerprint density at radius 3 is 2.19 bits per heavy atom. The van der Waals surface area contributed by atoms with Crippen LogP contribution in [0.5, 0.6) is 0 Å². The summed E-state index contributed by atoms with van der Waals surface area (Å²) in [4.78, 5) is 24.3. The van der Waals surface area contributed by atoms with Crippen LogP contribution in [0.15, 0.2) is 48.5 Å². The third kappa shape index (κ3) is 6.06. The molecule has 2 aromatic carbocycles. The molecule has 0 fully saturated rings. The molecule has 0 aromatic heterocycles. The molecule has 2 amide bonds. The van der Waals surface area contributed by atoms with E-state index in [-0.39, 0.29) is 16.9 Å². The number of hydrogen-bond acceptors (Lipinski definition) is 3. The number of hydrogen-bond donors (Lipinski definition) is 3. The maximum atomic E-state index is 12.2. The number of nitrogens with one attached hydrogen (secondary N) is 3. The fourth-order valence-corrected chi connectivity index (χ4v) is 2.71. The first-order valence-corrected chi connectivity index (χ1v) is 9.43. The monoisotopic (exact) mass is 481 g/mol. The SMILES string of the molecule is CC(C)(C)C(=O)Nc1cccc(NC(=S)NC(=O)c2cccc(I)c2)c1. The van der Waals surface area contributed by atoms with Gasteiger partial charge in [0.25, 0.3) is 5.91 Å². The first kappa shape index (κ1) is 20.3. The summed E-state index contributed by atoms with van der Waals surface area (Å²) in [7, 11) is 0. The number of carbonyl (C=O) groups is 2. The predicted octanol–water partition coefficient (Wildman–Crippen LogP) is 4.40. The molecule has 0 aliphatic rings. The maximum absolute atomic E-state index is 12.2. The van der Waals surface area contributed by atoms with Crippen molar-refractivity contribution in [3.8, 4) is 0 Å². The first-order chi connectivity index (χ1) is 12.1. The van der Waals surface area contributed by atoms with Crippen molar-refractivity contribution in [2.45, 2.75) is 20.8 Å². The van der Waals surface area contributed by atoms with Crippen molar-refractivity contribution in [1.82, 2.24) is 5.32 Å². The van der Waals surface area contributed by atoms with Gasteiger partial charge >= 0.3 is 0 Å². The van der Waals surface area contributed by atoms with E-state index in [2.05, 4.69) is 38.5 Å². The van der Waals surface area contributed by atoms with E-state index in [1.54, 1.807) is 36.4 Å². The molecule has 0 radical (unpaired) electrons. The number of anilines is 2. The summed E-state index contributed by atoms with van der Waals surface area (Å²) in [5, 5.41) is 8.65. The van der Waals surface area contributed by atoms with Crippen LogP contribution in [-0.4, -0.2) is 16.9 Å². The van der Waals surface area contributed by atoms with Crippen LogP contribution in [0.25, 0.3) is 0 Å². The minimum absolute atomic E-state index is 0.0794. The highest BCUT2D eigenvalue weighted by atomic mass is 127. The van der Waals surface area contributed by atoms with Crippen LogP contribution in [0, 0.1) is 8.99 Å². The molecule has 0 unspecified atom stereocenters. The molecule has 0 saturated carbocycles. The Balaban J connectivity index is 2.00. The van der Waals surface area contributed by atoms with Crippen molar-refractivity contribution in [3.63, 3.8) is 0 Å². The Kier molecular flexibility index (Phi) is 6.71. The van der Waals surface area contributed by atoms with Gasteiger partial charge in [-0.15, -0.1) is 0 Å². The van der Waals surface area contributed by atoms with Crippen molar-refractivity contribution in [1.29, 1.82) is 0 Å². The van der Waals surface area contributed by atoms with Crippen molar-refractivity contribution >= 4 is 63.1 Å². The maximum Gasteiger partial charge on any atom is 0.257 e. The van der Waals surface area contributed by atoms with Crippen LogP contribution in [-0.2, 0) is 4.79 Å². The molecule has 7 heteroatoms. The van der Waals surface area contributed by atoms with Crippen molar-refractivity contribution in [3.05, 3.63) is 57.7 Å². The summed E-state index contributed by atoms with van der Waals surface area (Å²) < 4.78 is 0.969. The lowest BCUT2D eigenvalue weighted by atomic mass is 9.95. The summed E-state index contributed by atoms with van der Waals surface area (Å²) in [6, 6.07) is 14.4. The molecule has 0 saturated heterocycles. The van der Waals surface area contributed by atoms with Gasteiger partial charge in [-0.1, -0.05) is 32.9 Å². The Bertz CT molecular complexity index is 847. The molecule has 2 aromatic rings. The van der Waals surface area contributed by atoms with Crippen molar-refractivity contribution in [2.75, 3.05) is 10.6 Å². The minimum atomic E-state index is -0.486. The molecule has 0 heterocycles. The normalized spacial score (nSPS) is 10.8. The van der Waals surface area contributed by atoms with E-state index < -0.39 is 5.41 Å². The zero-order valence-corrected chi connectivity index (χ0v) is 17.7.